The Kier molecular flexibility index (Phi) is 5.18. The molecule has 0 rings (SSSR count). The van der Waals surface area contributed by atoms with Gasteiger partial charge in [-0.25, -0.2) is 4.89 Å². The fourth-order valence-electron chi connectivity index (χ4n) is 1.06. The molecular formula is C10H20O3. The molecular weight excluding hydrogens is 168 g/mol. The van der Waals surface area contributed by atoms with Gasteiger partial charge in [0.25, 0.3) is 0 Å². The number of hydrogen-bond acceptors (Lipinski definition) is 3. The van der Waals surface area contributed by atoms with Gasteiger partial charge in [-0.15, -0.1) is 0 Å². The average molecular weight is 188 g/mol. The van der Waals surface area contributed by atoms with Crippen molar-refractivity contribution >= 4 is 5.78 Å². The number of carbonyl (C=O) groups excluding carboxylic acids is 1. The smallest absolute Gasteiger partial charge is 0.135 e. The molecule has 0 aliphatic carbocycles. The third-order valence-corrected chi connectivity index (χ3v) is 2.55. The van der Waals surface area contributed by atoms with E-state index >= 15 is 0 Å². The number of carbonyl (C=O) groups is 1. The second kappa shape index (κ2) is 5.35. The lowest BCUT2D eigenvalue weighted by molar-refractivity contribution is -0.275. The van der Waals surface area contributed by atoms with E-state index in [1.807, 2.05) is 13.8 Å². The Balaban J connectivity index is 3.70. The van der Waals surface area contributed by atoms with Crippen LogP contribution < -0.4 is 0 Å². The quantitative estimate of drug-likeness (QED) is 0.515. The predicted molar refractivity (Wildman–Crippen MR) is 51.5 cm³/mol. The Hall–Kier alpha value is -0.410. The molecule has 0 aromatic heterocycles. The van der Waals surface area contributed by atoms with Crippen LogP contribution in [-0.2, 0) is 9.68 Å². The summed E-state index contributed by atoms with van der Waals surface area (Å²) in [5.41, 5.74) is -0.241. The number of ketones is 1. The van der Waals surface area contributed by atoms with Gasteiger partial charge in [-0.3, -0.25) is 10.1 Å². The van der Waals surface area contributed by atoms with E-state index in [1.54, 1.807) is 13.8 Å². The minimum absolute atomic E-state index is 0.136. The Bertz CT molecular complexity index is 164. The zero-order valence-electron chi connectivity index (χ0n) is 8.96. The van der Waals surface area contributed by atoms with Gasteiger partial charge in [0, 0.05) is 5.41 Å². The van der Waals surface area contributed by atoms with Crippen molar-refractivity contribution in [3.05, 3.63) is 0 Å². The van der Waals surface area contributed by atoms with Crippen molar-refractivity contribution in [1.82, 2.24) is 0 Å². The summed E-state index contributed by atoms with van der Waals surface area (Å²) in [4.78, 5) is 15.3. The highest BCUT2D eigenvalue weighted by Crippen LogP contribution is 2.24. The molecule has 0 heterocycles. The third-order valence-electron chi connectivity index (χ3n) is 2.55. The van der Waals surface area contributed by atoms with Crippen molar-refractivity contribution in [3.63, 3.8) is 0 Å². The standard InChI is InChI=1S/C10H20O3/c1-8(13-12)6-5-7-10(3,4)9(2)11/h8,12H,5-7H2,1-4H3. The summed E-state index contributed by atoms with van der Waals surface area (Å²) in [5, 5.41) is 8.31. The van der Waals surface area contributed by atoms with Crippen molar-refractivity contribution in [2.45, 2.75) is 53.1 Å². The van der Waals surface area contributed by atoms with Gasteiger partial charge < -0.3 is 0 Å². The van der Waals surface area contributed by atoms with E-state index in [9.17, 15) is 4.79 Å². The molecule has 13 heavy (non-hydrogen) atoms. The van der Waals surface area contributed by atoms with Crippen LogP contribution in [0.1, 0.15) is 47.0 Å². The van der Waals surface area contributed by atoms with Crippen molar-refractivity contribution in [2.24, 2.45) is 5.41 Å². The summed E-state index contributed by atoms with van der Waals surface area (Å²) in [5.74, 6) is 0.213. The van der Waals surface area contributed by atoms with Gasteiger partial charge in [0.05, 0.1) is 6.10 Å². The first kappa shape index (κ1) is 12.6. The summed E-state index contributed by atoms with van der Waals surface area (Å²) in [7, 11) is 0. The van der Waals surface area contributed by atoms with Crippen LogP contribution in [0, 0.1) is 5.41 Å². The van der Waals surface area contributed by atoms with E-state index in [-0.39, 0.29) is 17.3 Å². The largest absolute Gasteiger partial charge is 0.299 e. The van der Waals surface area contributed by atoms with Crippen LogP contribution in [0.2, 0.25) is 0 Å². The summed E-state index contributed by atoms with van der Waals surface area (Å²) < 4.78 is 0. The van der Waals surface area contributed by atoms with Crippen LogP contribution in [0.25, 0.3) is 0 Å². The van der Waals surface area contributed by atoms with E-state index in [1.165, 1.54) is 0 Å². The Morgan fingerprint density at radius 1 is 1.54 bits per heavy atom. The van der Waals surface area contributed by atoms with Gasteiger partial charge in [-0.2, -0.15) is 0 Å². The van der Waals surface area contributed by atoms with Crippen LogP contribution in [0.5, 0.6) is 0 Å². The van der Waals surface area contributed by atoms with E-state index in [0.29, 0.717) is 0 Å². The average Bonchev–Trinajstić information content (AvgIpc) is 2.03. The highest BCUT2D eigenvalue weighted by molar-refractivity contribution is 5.81. The number of rotatable bonds is 6. The van der Waals surface area contributed by atoms with Gasteiger partial charge in [0.1, 0.15) is 5.78 Å². The zero-order chi connectivity index (χ0) is 10.5. The monoisotopic (exact) mass is 188 g/mol. The molecule has 0 saturated carbocycles. The molecule has 0 aliphatic heterocycles. The first-order valence-electron chi connectivity index (χ1n) is 4.71. The van der Waals surface area contributed by atoms with Crippen molar-refractivity contribution in [2.75, 3.05) is 0 Å². The molecule has 1 unspecified atom stereocenters. The van der Waals surface area contributed by atoms with Crippen LogP contribution in [0.3, 0.4) is 0 Å². The van der Waals surface area contributed by atoms with Gasteiger partial charge >= 0.3 is 0 Å². The predicted octanol–water partition coefficient (Wildman–Crippen LogP) is 2.65. The van der Waals surface area contributed by atoms with Crippen molar-refractivity contribution < 1.29 is 14.9 Å². The molecule has 78 valence electrons. The molecule has 0 aliphatic rings. The maximum absolute atomic E-state index is 11.1. The van der Waals surface area contributed by atoms with Crippen molar-refractivity contribution in [1.29, 1.82) is 0 Å². The number of hydrogen-bond donors (Lipinski definition) is 1. The molecule has 0 fully saturated rings. The maximum Gasteiger partial charge on any atom is 0.135 e. The van der Waals surface area contributed by atoms with E-state index in [4.69, 9.17) is 5.26 Å². The number of Topliss-reactive ketones (excluding diaryl/α,β-unsaturated/α-hetero) is 1. The van der Waals surface area contributed by atoms with Crippen LogP contribution >= 0.6 is 0 Å². The lowest BCUT2D eigenvalue weighted by atomic mass is 9.83. The fraction of sp³-hybridized carbons (Fsp3) is 0.900. The van der Waals surface area contributed by atoms with Crippen LogP contribution in [0.15, 0.2) is 0 Å². The minimum Gasteiger partial charge on any atom is -0.299 e. The molecule has 0 radical (unpaired) electrons. The maximum atomic E-state index is 11.1. The summed E-state index contributed by atoms with van der Waals surface area (Å²) >= 11 is 0. The zero-order valence-corrected chi connectivity index (χ0v) is 8.96. The normalized spacial score (nSPS) is 14.2. The van der Waals surface area contributed by atoms with E-state index in [2.05, 4.69) is 4.89 Å². The van der Waals surface area contributed by atoms with Gasteiger partial charge in [0.15, 0.2) is 0 Å². The second-order valence-electron chi connectivity index (χ2n) is 4.25. The lowest BCUT2D eigenvalue weighted by Crippen LogP contribution is -2.21. The molecule has 0 saturated heterocycles. The molecule has 1 N–H and O–H groups in total. The minimum atomic E-state index is -0.241. The Labute approximate surface area is 80.0 Å². The van der Waals surface area contributed by atoms with Gasteiger partial charge in [-0.1, -0.05) is 13.8 Å². The molecule has 1 atom stereocenters. The van der Waals surface area contributed by atoms with E-state index < -0.39 is 0 Å². The second-order valence-corrected chi connectivity index (χ2v) is 4.25. The molecule has 0 spiro atoms. The fourth-order valence-corrected chi connectivity index (χ4v) is 1.06. The molecule has 3 nitrogen and oxygen atoms in total. The molecule has 0 aromatic carbocycles. The summed E-state index contributed by atoms with van der Waals surface area (Å²) in [6.45, 7) is 7.31. The molecule has 0 aromatic rings. The lowest BCUT2D eigenvalue weighted by Gasteiger charge is -2.21. The highest BCUT2D eigenvalue weighted by Gasteiger charge is 2.22. The first-order chi connectivity index (χ1) is 5.90. The van der Waals surface area contributed by atoms with Crippen LogP contribution in [-0.4, -0.2) is 17.1 Å². The highest BCUT2D eigenvalue weighted by atomic mass is 17.1. The van der Waals surface area contributed by atoms with Crippen molar-refractivity contribution in [3.8, 4) is 0 Å². The Morgan fingerprint density at radius 2 is 2.08 bits per heavy atom. The topological polar surface area (TPSA) is 46.5 Å². The Morgan fingerprint density at radius 3 is 2.46 bits per heavy atom. The van der Waals surface area contributed by atoms with E-state index in [0.717, 1.165) is 19.3 Å². The molecule has 3 heteroatoms. The molecule has 0 bridgehead atoms. The third kappa shape index (κ3) is 5.01. The molecule has 0 amide bonds. The SMILES string of the molecule is CC(=O)C(C)(C)CCCC(C)OO. The first-order valence-corrected chi connectivity index (χ1v) is 4.71. The van der Waals surface area contributed by atoms with Gasteiger partial charge in [-0.05, 0) is 33.1 Å². The summed E-state index contributed by atoms with van der Waals surface area (Å²) in [6, 6.07) is 0. The van der Waals surface area contributed by atoms with Gasteiger partial charge in [0.2, 0.25) is 0 Å². The van der Waals surface area contributed by atoms with Crippen LogP contribution in [0.4, 0.5) is 0 Å². The summed E-state index contributed by atoms with van der Waals surface area (Å²) in [6.07, 6.45) is 2.39.